The van der Waals surface area contributed by atoms with Gasteiger partial charge in [-0.1, -0.05) is 0 Å². The van der Waals surface area contributed by atoms with E-state index in [2.05, 4.69) is 0 Å². The second-order valence-corrected chi connectivity index (χ2v) is 0.692. The molecule has 0 fully saturated rings. The van der Waals surface area contributed by atoms with Crippen LogP contribution in [0.5, 0.6) is 0 Å². The van der Waals surface area contributed by atoms with Crippen LogP contribution in [0.1, 0.15) is 4.28 Å². The molecular formula is H5BaNaO3S. The van der Waals surface area contributed by atoms with Crippen molar-refractivity contribution in [3.8, 4) is 0 Å². The Hall–Kier alpha value is 2.64. The van der Waals surface area contributed by atoms with E-state index in [4.69, 9.17) is 13.3 Å². The predicted molar refractivity (Wildman–Crippen MR) is 22.5 cm³/mol. The summed E-state index contributed by atoms with van der Waals surface area (Å²) in [6.45, 7) is 0. The fraction of sp³-hybridized carbons (Fsp3) is 0. The molecule has 0 aliphatic heterocycles. The van der Waals surface area contributed by atoms with Gasteiger partial charge in [-0.05, 0) is 0 Å². The van der Waals surface area contributed by atoms with Gasteiger partial charge in [0.1, 0.15) is 0 Å². The van der Waals surface area contributed by atoms with Gasteiger partial charge in [0.25, 0.3) is 11.4 Å². The summed E-state index contributed by atoms with van der Waals surface area (Å²) in [5.41, 5.74) is 0. The van der Waals surface area contributed by atoms with E-state index < -0.39 is 11.4 Å². The first-order valence-electron chi connectivity index (χ1n) is 0.532. The first-order chi connectivity index (χ1) is 1.73. The molecule has 32 valence electrons. The first kappa shape index (κ1) is 15.9. The molecule has 0 unspecified atom stereocenters. The molecule has 0 radical (unpaired) electrons. The van der Waals surface area contributed by atoms with Crippen molar-refractivity contribution in [3.63, 3.8) is 0 Å². The predicted octanol–water partition coefficient (Wildman–Crippen LogP) is -3.36. The van der Waals surface area contributed by atoms with E-state index in [1.54, 1.807) is 0 Å². The van der Waals surface area contributed by atoms with E-state index in [1.165, 1.54) is 0 Å². The molecule has 0 aliphatic rings. The maximum atomic E-state index is 8.67. The Balaban J connectivity index is -0.00000000450. The van der Waals surface area contributed by atoms with Gasteiger partial charge in [0.15, 0.2) is 0 Å². The van der Waals surface area contributed by atoms with Crippen LogP contribution >= 0.6 is 0 Å². The van der Waals surface area contributed by atoms with Crippen molar-refractivity contribution in [3.05, 3.63) is 0 Å². The van der Waals surface area contributed by atoms with Crippen molar-refractivity contribution in [1.82, 2.24) is 0 Å². The number of rotatable bonds is 0. The van der Waals surface area contributed by atoms with E-state index in [-0.39, 0.29) is 82.7 Å². The summed E-state index contributed by atoms with van der Waals surface area (Å²) in [6.07, 6.45) is 0. The van der Waals surface area contributed by atoms with Gasteiger partial charge in [-0.25, -0.2) is 0 Å². The molecule has 0 saturated carbocycles. The van der Waals surface area contributed by atoms with Gasteiger partial charge in [-0.2, -0.15) is 4.21 Å². The number of hydrogen-bond donors (Lipinski definition) is 2. The largest absolute Gasteiger partial charge is 2.00 e. The minimum absolute atomic E-state index is 0. The molecule has 0 atom stereocenters. The fourth-order valence-corrected chi connectivity index (χ4v) is 0. The molecule has 6 heteroatoms. The average molecular weight is 245 g/mol. The maximum absolute atomic E-state index is 8.67. The Bertz CT molecular complexity index is 42.0. The van der Waals surface area contributed by atoms with E-state index in [9.17, 15) is 0 Å². The van der Waals surface area contributed by atoms with Crippen LogP contribution in [0.2, 0.25) is 0 Å². The molecule has 0 aromatic rings. The van der Waals surface area contributed by atoms with Crippen molar-refractivity contribution < 1.29 is 47.2 Å². The molecule has 0 aromatic carbocycles. The third kappa shape index (κ3) is 30.3. The van der Waals surface area contributed by atoms with Crippen LogP contribution in [0.15, 0.2) is 0 Å². The standard InChI is InChI=1S/Ba.Na.H2O3S.3H/c;;1-4(2)3;;;/h;;(H2,1,2,3);;;/q+2;+1;;3*-1. The minimum Gasteiger partial charge on any atom is -1.00 e. The van der Waals surface area contributed by atoms with Gasteiger partial charge in [0.05, 0.1) is 0 Å². The summed E-state index contributed by atoms with van der Waals surface area (Å²) in [5.74, 6) is 0. The van der Waals surface area contributed by atoms with Gasteiger partial charge in [0.2, 0.25) is 0 Å². The van der Waals surface area contributed by atoms with Crippen LogP contribution in [-0.2, 0) is 11.4 Å². The second-order valence-electron chi connectivity index (χ2n) is 0.231. The molecule has 0 aromatic heterocycles. The van der Waals surface area contributed by atoms with Crippen molar-refractivity contribution in [2.24, 2.45) is 0 Å². The van der Waals surface area contributed by atoms with Crippen molar-refractivity contribution in [1.29, 1.82) is 0 Å². The summed E-state index contributed by atoms with van der Waals surface area (Å²) in [5, 5.41) is 0. The molecular weight excluding hydrogens is 240 g/mol. The zero-order valence-electron chi connectivity index (χ0n) is 6.42. The smallest absolute Gasteiger partial charge is 1.00 e. The molecule has 0 amide bonds. The maximum Gasteiger partial charge on any atom is 2.00 e. The molecule has 0 saturated heterocycles. The molecule has 0 spiro atoms. The fourth-order valence-electron chi connectivity index (χ4n) is 0. The van der Waals surface area contributed by atoms with Gasteiger partial charge in [-0.15, -0.1) is 0 Å². The topological polar surface area (TPSA) is 57.5 Å². The average Bonchev–Trinajstić information content (AvgIpc) is 0.811. The SMILES string of the molecule is O=S(O)O.[Ba+2].[H-].[H-].[H-].[Na+]. The van der Waals surface area contributed by atoms with Crippen molar-refractivity contribution >= 4 is 60.2 Å². The van der Waals surface area contributed by atoms with Gasteiger partial charge < -0.3 is 4.28 Å². The van der Waals surface area contributed by atoms with E-state index >= 15 is 0 Å². The molecule has 0 rings (SSSR count). The van der Waals surface area contributed by atoms with Gasteiger partial charge in [0, 0.05) is 0 Å². The molecule has 3 nitrogen and oxygen atoms in total. The summed E-state index contributed by atoms with van der Waals surface area (Å²) >= 11 is -2.61. The Morgan fingerprint density at radius 2 is 1.50 bits per heavy atom. The summed E-state index contributed by atoms with van der Waals surface area (Å²) in [7, 11) is 0. The zero-order valence-corrected chi connectivity index (χ0v) is 10.7. The Kier molecular flexibility index (Phi) is 28.0. The molecule has 0 bridgehead atoms. The van der Waals surface area contributed by atoms with Gasteiger partial charge in [-0.3, -0.25) is 9.11 Å². The second kappa shape index (κ2) is 10.6. The first-order valence-corrected chi connectivity index (χ1v) is 1.60. The third-order valence-corrected chi connectivity index (χ3v) is 0. The minimum atomic E-state index is -2.61. The molecule has 2 N–H and O–H groups in total. The van der Waals surface area contributed by atoms with E-state index in [1.807, 2.05) is 0 Å². The summed E-state index contributed by atoms with van der Waals surface area (Å²) in [6, 6.07) is 0. The zero-order chi connectivity index (χ0) is 3.58. The molecule has 0 aliphatic carbocycles. The van der Waals surface area contributed by atoms with E-state index in [0.717, 1.165) is 0 Å². The van der Waals surface area contributed by atoms with Crippen LogP contribution in [0.4, 0.5) is 0 Å². The summed E-state index contributed by atoms with van der Waals surface area (Å²) in [4.78, 5) is 0. The van der Waals surface area contributed by atoms with Crippen LogP contribution < -0.4 is 29.6 Å². The van der Waals surface area contributed by atoms with Gasteiger partial charge >= 0.3 is 78.4 Å². The molecule has 0 heterocycles. The van der Waals surface area contributed by atoms with Crippen molar-refractivity contribution in [2.45, 2.75) is 0 Å². The van der Waals surface area contributed by atoms with Crippen LogP contribution in [0.25, 0.3) is 0 Å². The quantitative estimate of drug-likeness (QED) is 0.346. The monoisotopic (exact) mass is 246 g/mol. The van der Waals surface area contributed by atoms with Crippen LogP contribution in [-0.4, -0.2) is 62.2 Å². The van der Waals surface area contributed by atoms with Crippen molar-refractivity contribution in [2.75, 3.05) is 0 Å². The summed E-state index contributed by atoms with van der Waals surface area (Å²) < 4.78 is 22.8. The normalized spacial score (nSPS) is 5.83. The Labute approximate surface area is 105 Å². The third-order valence-electron chi connectivity index (χ3n) is 0. The van der Waals surface area contributed by atoms with Crippen LogP contribution in [0.3, 0.4) is 0 Å². The van der Waals surface area contributed by atoms with Crippen LogP contribution in [0, 0.1) is 0 Å². The number of hydrogen-bond acceptors (Lipinski definition) is 1. The molecule has 6 heavy (non-hydrogen) atoms. The Morgan fingerprint density at radius 3 is 1.50 bits per heavy atom. The Morgan fingerprint density at radius 1 is 1.50 bits per heavy atom. The van der Waals surface area contributed by atoms with E-state index in [0.29, 0.717) is 0 Å².